The van der Waals surface area contributed by atoms with Gasteiger partial charge >= 0.3 is 11.8 Å². The van der Waals surface area contributed by atoms with Crippen molar-refractivity contribution in [3.63, 3.8) is 0 Å². The minimum Gasteiger partial charge on any atom is -0.464 e. The Morgan fingerprint density at radius 3 is 2.94 bits per heavy atom. The summed E-state index contributed by atoms with van der Waals surface area (Å²) in [6.07, 6.45) is 3.11. The quantitative estimate of drug-likeness (QED) is 0.347. The highest BCUT2D eigenvalue weighted by molar-refractivity contribution is 9.10. The normalized spacial score (nSPS) is 10.2. The van der Waals surface area contributed by atoms with E-state index < -0.39 is 10.9 Å². The van der Waals surface area contributed by atoms with Crippen LogP contribution in [0.1, 0.15) is 19.8 Å². The van der Waals surface area contributed by atoms with Crippen molar-refractivity contribution in [2.24, 2.45) is 0 Å². The molecule has 94 valence electrons. The lowest BCUT2D eigenvalue weighted by Crippen LogP contribution is -2.14. The summed E-state index contributed by atoms with van der Waals surface area (Å²) in [5.41, 5.74) is 0. The van der Waals surface area contributed by atoms with Crippen LogP contribution in [0.25, 0.3) is 0 Å². The van der Waals surface area contributed by atoms with Crippen LogP contribution in [0.15, 0.2) is 10.7 Å². The average Bonchev–Trinajstić information content (AvgIpc) is 2.60. The Labute approximate surface area is 106 Å². The molecule has 0 aliphatic heterocycles. The molecule has 0 saturated heterocycles. The van der Waals surface area contributed by atoms with Crippen molar-refractivity contribution in [2.75, 3.05) is 6.61 Å². The Balaban J connectivity index is 2.54. The number of rotatable bonds is 6. The molecule has 0 aromatic carbocycles. The molecule has 0 fully saturated rings. The zero-order valence-electron chi connectivity index (χ0n) is 9.26. The summed E-state index contributed by atoms with van der Waals surface area (Å²) < 4.78 is 6.33. The maximum Gasteiger partial charge on any atom is 0.404 e. The van der Waals surface area contributed by atoms with Crippen molar-refractivity contribution >= 4 is 27.7 Å². The summed E-state index contributed by atoms with van der Waals surface area (Å²) >= 11 is 2.99. The van der Waals surface area contributed by atoms with Crippen molar-refractivity contribution in [1.82, 2.24) is 9.78 Å². The third-order valence-electron chi connectivity index (χ3n) is 1.92. The largest absolute Gasteiger partial charge is 0.464 e. The van der Waals surface area contributed by atoms with Crippen molar-refractivity contribution in [3.8, 4) is 0 Å². The first-order chi connectivity index (χ1) is 8.04. The lowest BCUT2D eigenvalue weighted by atomic mass is 10.4. The standard InChI is InChI=1S/C9H12BrN3O4/c1-2-3-4-17-8(14)6-12-5-7(10)9(11-12)13(15)16/h5H,2-4,6H2,1H3. The van der Waals surface area contributed by atoms with Crippen molar-refractivity contribution in [2.45, 2.75) is 26.3 Å². The van der Waals surface area contributed by atoms with E-state index >= 15 is 0 Å². The van der Waals surface area contributed by atoms with Gasteiger partial charge in [-0.25, -0.2) is 4.79 Å². The Morgan fingerprint density at radius 1 is 1.71 bits per heavy atom. The smallest absolute Gasteiger partial charge is 0.404 e. The fourth-order valence-electron chi connectivity index (χ4n) is 1.10. The van der Waals surface area contributed by atoms with Crippen LogP contribution in [0.5, 0.6) is 0 Å². The zero-order valence-corrected chi connectivity index (χ0v) is 10.8. The minimum absolute atomic E-state index is 0.129. The predicted octanol–water partition coefficient (Wildman–Crippen LogP) is 1.90. The van der Waals surface area contributed by atoms with Crippen molar-refractivity contribution in [1.29, 1.82) is 0 Å². The third kappa shape index (κ3) is 4.14. The molecule has 8 heteroatoms. The van der Waals surface area contributed by atoms with Crippen LogP contribution >= 0.6 is 15.9 Å². The van der Waals surface area contributed by atoms with Crippen LogP contribution in [-0.2, 0) is 16.1 Å². The lowest BCUT2D eigenvalue weighted by Gasteiger charge is -2.01. The van der Waals surface area contributed by atoms with Crippen LogP contribution in [0.2, 0.25) is 0 Å². The highest BCUT2D eigenvalue weighted by Crippen LogP contribution is 2.21. The molecule has 0 aliphatic carbocycles. The van der Waals surface area contributed by atoms with Gasteiger partial charge in [0, 0.05) is 0 Å². The average molecular weight is 306 g/mol. The van der Waals surface area contributed by atoms with Gasteiger partial charge in [-0.05, 0) is 27.3 Å². The first kappa shape index (κ1) is 13.6. The highest BCUT2D eigenvalue weighted by atomic mass is 79.9. The summed E-state index contributed by atoms with van der Waals surface area (Å²) in [6, 6.07) is 0. The monoisotopic (exact) mass is 305 g/mol. The number of hydrogen-bond acceptors (Lipinski definition) is 5. The number of unbranched alkanes of at least 4 members (excludes halogenated alkanes) is 1. The molecule has 0 radical (unpaired) electrons. The van der Waals surface area contributed by atoms with E-state index in [0.29, 0.717) is 6.61 Å². The topological polar surface area (TPSA) is 87.3 Å². The second-order valence-electron chi connectivity index (χ2n) is 3.33. The highest BCUT2D eigenvalue weighted by Gasteiger charge is 2.20. The van der Waals surface area contributed by atoms with E-state index in [1.807, 2.05) is 6.92 Å². The molecule has 0 spiro atoms. The Hall–Kier alpha value is -1.44. The summed E-state index contributed by atoms with van der Waals surface area (Å²) in [4.78, 5) is 21.2. The summed E-state index contributed by atoms with van der Waals surface area (Å²) in [5, 5.41) is 14.2. The number of carbonyl (C=O) groups excluding carboxylic acids is 1. The summed E-state index contributed by atoms with van der Waals surface area (Å²) in [7, 11) is 0. The number of nitrogens with zero attached hydrogens (tertiary/aromatic N) is 3. The molecule has 1 aromatic rings. The fourth-order valence-corrected chi connectivity index (χ4v) is 1.56. The van der Waals surface area contributed by atoms with Gasteiger partial charge in [-0.2, -0.15) is 4.68 Å². The number of hydrogen-bond donors (Lipinski definition) is 0. The molecule has 1 heterocycles. The van der Waals surface area contributed by atoms with Gasteiger partial charge in [0.2, 0.25) is 0 Å². The Bertz CT molecular complexity index is 418. The molecule has 0 unspecified atom stereocenters. The molecule has 7 nitrogen and oxygen atoms in total. The lowest BCUT2D eigenvalue weighted by molar-refractivity contribution is -0.390. The fraction of sp³-hybridized carbons (Fsp3) is 0.556. The molecule has 0 N–H and O–H groups in total. The van der Waals surface area contributed by atoms with Gasteiger partial charge in [-0.1, -0.05) is 13.3 Å². The molecule has 0 saturated carbocycles. The molecule has 0 atom stereocenters. The first-order valence-corrected chi connectivity index (χ1v) is 5.87. The van der Waals surface area contributed by atoms with Crippen molar-refractivity contribution in [3.05, 3.63) is 20.8 Å². The summed E-state index contributed by atoms with van der Waals surface area (Å²) in [5.74, 6) is -0.769. The van der Waals surface area contributed by atoms with Gasteiger partial charge in [0.1, 0.15) is 4.47 Å². The van der Waals surface area contributed by atoms with Gasteiger partial charge in [0.15, 0.2) is 6.54 Å². The number of carbonyl (C=O) groups is 1. The van der Waals surface area contributed by atoms with Gasteiger partial charge in [0.25, 0.3) is 0 Å². The Kier molecular flexibility index (Phi) is 5.08. The number of halogens is 1. The van der Waals surface area contributed by atoms with Crippen LogP contribution in [0, 0.1) is 10.1 Å². The molecule has 17 heavy (non-hydrogen) atoms. The van der Waals surface area contributed by atoms with Gasteiger partial charge in [-0.3, -0.25) is 0 Å². The SMILES string of the molecule is CCCCOC(=O)Cn1cc(Br)c([N+](=O)[O-])n1. The maximum absolute atomic E-state index is 11.3. The Morgan fingerprint density at radius 2 is 2.41 bits per heavy atom. The molecular formula is C9H12BrN3O4. The number of nitro groups is 1. The van der Waals surface area contributed by atoms with Crippen LogP contribution in [0.4, 0.5) is 5.82 Å². The molecular weight excluding hydrogens is 294 g/mol. The van der Waals surface area contributed by atoms with Gasteiger partial charge in [0.05, 0.1) is 17.9 Å². The number of esters is 1. The molecule has 0 aliphatic rings. The number of aromatic nitrogens is 2. The van der Waals surface area contributed by atoms with Gasteiger partial charge in [-0.15, -0.1) is 0 Å². The second kappa shape index (κ2) is 6.33. The van der Waals surface area contributed by atoms with E-state index in [2.05, 4.69) is 21.0 Å². The van der Waals surface area contributed by atoms with E-state index in [-0.39, 0.29) is 16.8 Å². The van der Waals surface area contributed by atoms with E-state index in [9.17, 15) is 14.9 Å². The second-order valence-corrected chi connectivity index (χ2v) is 4.18. The molecule has 1 rings (SSSR count). The van der Waals surface area contributed by atoms with Gasteiger partial charge < -0.3 is 14.9 Å². The zero-order chi connectivity index (χ0) is 12.8. The van der Waals surface area contributed by atoms with E-state index in [4.69, 9.17) is 4.74 Å². The molecule has 0 bridgehead atoms. The van der Waals surface area contributed by atoms with E-state index in [1.165, 1.54) is 10.9 Å². The van der Waals surface area contributed by atoms with Crippen LogP contribution in [0.3, 0.4) is 0 Å². The molecule has 1 aromatic heterocycles. The number of ether oxygens (including phenoxy) is 1. The maximum atomic E-state index is 11.3. The van der Waals surface area contributed by atoms with Crippen LogP contribution < -0.4 is 0 Å². The van der Waals surface area contributed by atoms with E-state index in [0.717, 1.165) is 12.8 Å². The molecule has 0 amide bonds. The first-order valence-electron chi connectivity index (χ1n) is 5.07. The minimum atomic E-state index is -0.622. The van der Waals surface area contributed by atoms with Crippen LogP contribution in [-0.4, -0.2) is 27.3 Å². The third-order valence-corrected chi connectivity index (χ3v) is 2.48. The summed E-state index contributed by atoms with van der Waals surface area (Å²) in [6.45, 7) is 2.22. The predicted molar refractivity (Wildman–Crippen MR) is 62.4 cm³/mol. The van der Waals surface area contributed by atoms with Crippen molar-refractivity contribution < 1.29 is 14.5 Å². The van der Waals surface area contributed by atoms with E-state index in [1.54, 1.807) is 0 Å².